The number of hydrogen-bond donors (Lipinski definition) is 0. The van der Waals surface area contributed by atoms with E-state index in [0.29, 0.717) is 12.4 Å². The van der Waals surface area contributed by atoms with Crippen LogP contribution in [0.4, 0.5) is 0 Å². The number of methoxy groups -OCH3 is 1. The second-order valence-electron chi connectivity index (χ2n) is 5.19. The van der Waals surface area contributed by atoms with Crippen molar-refractivity contribution in [1.82, 2.24) is 9.38 Å². The molecule has 0 aliphatic carbocycles. The molecule has 1 aromatic carbocycles. The largest absolute Gasteiger partial charge is 0.380 e. The summed E-state index contributed by atoms with van der Waals surface area (Å²) in [6.45, 7) is 2.60. The Morgan fingerprint density at radius 1 is 1.18 bits per heavy atom. The number of aryl methyl sites for hydroxylation is 1. The van der Waals surface area contributed by atoms with Gasteiger partial charge < -0.3 is 9.14 Å². The molecular formula is C17H18N2O2S. The van der Waals surface area contributed by atoms with Gasteiger partial charge in [-0.25, -0.2) is 4.98 Å². The number of pyridine rings is 1. The quantitative estimate of drug-likeness (QED) is 0.727. The minimum absolute atomic E-state index is 0.421. The molecule has 0 spiro atoms. The molecular weight excluding hydrogens is 296 g/mol. The van der Waals surface area contributed by atoms with Crippen molar-refractivity contribution in [2.45, 2.75) is 24.2 Å². The molecule has 114 valence electrons. The standard InChI is InChI=1S/C17H18N2O2S/c1-13-4-3-5-17-18-15(10-19(13)17)12-22(20)16-8-6-14(7-9-16)11-21-2/h3-10H,11-12H2,1-2H3. The zero-order valence-electron chi connectivity index (χ0n) is 12.7. The van der Waals surface area contributed by atoms with Crippen molar-refractivity contribution >= 4 is 16.4 Å². The fourth-order valence-electron chi connectivity index (χ4n) is 2.39. The SMILES string of the molecule is COCc1ccc(S(=O)Cc2cn3c(C)cccc3n2)cc1. The molecule has 22 heavy (non-hydrogen) atoms. The van der Waals surface area contributed by atoms with E-state index < -0.39 is 10.8 Å². The molecule has 0 saturated heterocycles. The van der Waals surface area contributed by atoms with E-state index in [4.69, 9.17) is 4.74 Å². The van der Waals surface area contributed by atoms with Gasteiger partial charge in [-0.15, -0.1) is 0 Å². The Balaban J connectivity index is 1.79. The third kappa shape index (κ3) is 3.10. The van der Waals surface area contributed by atoms with Crippen LogP contribution in [0.1, 0.15) is 17.0 Å². The molecule has 0 saturated carbocycles. The van der Waals surface area contributed by atoms with Gasteiger partial charge in [0.2, 0.25) is 0 Å². The second-order valence-corrected chi connectivity index (χ2v) is 6.65. The summed E-state index contributed by atoms with van der Waals surface area (Å²) in [5.74, 6) is 0.421. The predicted molar refractivity (Wildman–Crippen MR) is 87.2 cm³/mol. The maximum absolute atomic E-state index is 12.5. The Kier molecular flexibility index (Phi) is 4.36. The first-order valence-corrected chi connectivity index (χ1v) is 8.39. The van der Waals surface area contributed by atoms with Crippen LogP contribution >= 0.6 is 0 Å². The molecule has 3 rings (SSSR count). The van der Waals surface area contributed by atoms with Crippen LogP contribution < -0.4 is 0 Å². The van der Waals surface area contributed by atoms with Crippen molar-refractivity contribution in [2.24, 2.45) is 0 Å². The minimum Gasteiger partial charge on any atom is -0.380 e. The monoisotopic (exact) mass is 314 g/mol. The second kappa shape index (κ2) is 6.42. The van der Waals surface area contributed by atoms with E-state index in [-0.39, 0.29) is 0 Å². The number of fused-ring (bicyclic) bond motifs is 1. The third-order valence-electron chi connectivity index (χ3n) is 3.52. The molecule has 2 heterocycles. The molecule has 0 bridgehead atoms. The van der Waals surface area contributed by atoms with Crippen molar-refractivity contribution in [1.29, 1.82) is 0 Å². The average molecular weight is 314 g/mol. The molecule has 0 fully saturated rings. The van der Waals surface area contributed by atoms with E-state index in [1.54, 1.807) is 7.11 Å². The fourth-order valence-corrected chi connectivity index (χ4v) is 3.40. The highest BCUT2D eigenvalue weighted by molar-refractivity contribution is 7.84. The first-order chi connectivity index (χ1) is 10.7. The smallest absolute Gasteiger partial charge is 0.137 e. The molecule has 0 aliphatic rings. The average Bonchev–Trinajstić information content (AvgIpc) is 2.92. The van der Waals surface area contributed by atoms with Gasteiger partial charge in [-0.1, -0.05) is 18.2 Å². The molecule has 1 atom stereocenters. The molecule has 3 aromatic rings. The molecule has 4 nitrogen and oxygen atoms in total. The molecule has 0 amide bonds. The highest BCUT2D eigenvalue weighted by Gasteiger charge is 2.09. The summed E-state index contributed by atoms with van der Waals surface area (Å²) in [5, 5.41) is 0. The Morgan fingerprint density at radius 3 is 2.64 bits per heavy atom. The van der Waals surface area contributed by atoms with Crippen molar-refractivity contribution < 1.29 is 8.95 Å². The first-order valence-electron chi connectivity index (χ1n) is 7.07. The van der Waals surface area contributed by atoms with Crippen molar-refractivity contribution in [3.8, 4) is 0 Å². The van der Waals surface area contributed by atoms with Gasteiger partial charge in [0.15, 0.2) is 0 Å². The lowest BCUT2D eigenvalue weighted by Gasteiger charge is -2.03. The maximum atomic E-state index is 12.5. The summed E-state index contributed by atoms with van der Waals surface area (Å²) in [6.07, 6.45) is 1.96. The number of nitrogens with zero attached hydrogens (tertiary/aromatic N) is 2. The molecule has 0 N–H and O–H groups in total. The lowest BCUT2D eigenvalue weighted by Crippen LogP contribution is -1.97. The van der Waals surface area contributed by atoms with Crippen molar-refractivity contribution in [3.63, 3.8) is 0 Å². The molecule has 5 heteroatoms. The summed E-state index contributed by atoms with van der Waals surface area (Å²) in [4.78, 5) is 5.35. The van der Waals surface area contributed by atoms with Crippen LogP contribution in [0.5, 0.6) is 0 Å². The number of imidazole rings is 1. The van der Waals surface area contributed by atoms with E-state index in [1.165, 1.54) is 0 Å². The van der Waals surface area contributed by atoms with E-state index in [9.17, 15) is 4.21 Å². The zero-order chi connectivity index (χ0) is 15.5. The number of aromatic nitrogens is 2. The Morgan fingerprint density at radius 2 is 1.95 bits per heavy atom. The Hall–Kier alpha value is -1.98. The van der Waals surface area contributed by atoms with Gasteiger partial charge in [-0.3, -0.25) is 4.21 Å². The third-order valence-corrected chi connectivity index (χ3v) is 4.88. The van der Waals surface area contributed by atoms with Crippen LogP contribution in [0.25, 0.3) is 5.65 Å². The lowest BCUT2D eigenvalue weighted by molar-refractivity contribution is 0.185. The summed E-state index contributed by atoms with van der Waals surface area (Å²) in [5.41, 5.74) is 3.92. The summed E-state index contributed by atoms with van der Waals surface area (Å²) >= 11 is 0. The van der Waals surface area contributed by atoms with Gasteiger partial charge >= 0.3 is 0 Å². The van der Waals surface area contributed by atoms with Crippen LogP contribution in [0.3, 0.4) is 0 Å². The van der Waals surface area contributed by atoms with E-state index in [2.05, 4.69) is 4.98 Å². The van der Waals surface area contributed by atoms with Crippen molar-refractivity contribution in [3.05, 3.63) is 65.6 Å². The molecule has 1 unspecified atom stereocenters. The van der Waals surface area contributed by atoms with Crippen LogP contribution in [0.2, 0.25) is 0 Å². The molecule has 0 aliphatic heterocycles. The van der Waals surface area contributed by atoms with Crippen molar-refractivity contribution in [2.75, 3.05) is 7.11 Å². The number of rotatable bonds is 5. The summed E-state index contributed by atoms with van der Waals surface area (Å²) in [6, 6.07) is 13.7. The van der Waals surface area contributed by atoms with Gasteiger partial charge in [0, 0.05) is 23.9 Å². The number of ether oxygens (including phenoxy) is 1. The Labute approximate surface area is 132 Å². The van der Waals surface area contributed by atoms with Crippen LogP contribution in [-0.2, 0) is 27.9 Å². The Bertz CT molecular complexity index is 809. The summed E-state index contributed by atoms with van der Waals surface area (Å²) < 4.78 is 19.6. The first kappa shape index (κ1) is 14.9. The maximum Gasteiger partial charge on any atom is 0.137 e. The predicted octanol–water partition coefficient (Wildman–Crippen LogP) is 3.10. The topological polar surface area (TPSA) is 43.6 Å². The minimum atomic E-state index is -1.10. The van der Waals surface area contributed by atoms with Gasteiger partial charge in [0.05, 0.1) is 28.9 Å². The molecule has 2 aromatic heterocycles. The number of hydrogen-bond acceptors (Lipinski definition) is 3. The highest BCUT2D eigenvalue weighted by Crippen LogP contribution is 2.15. The molecule has 0 radical (unpaired) electrons. The normalized spacial score (nSPS) is 12.6. The van der Waals surface area contributed by atoms with Crippen LogP contribution in [0.15, 0.2) is 53.6 Å². The van der Waals surface area contributed by atoms with Gasteiger partial charge in [0.25, 0.3) is 0 Å². The highest BCUT2D eigenvalue weighted by atomic mass is 32.2. The summed E-state index contributed by atoms with van der Waals surface area (Å²) in [7, 11) is 0.568. The fraction of sp³-hybridized carbons (Fsp3) is 0.235. The van der Waals surface area contributed by atoms with E-state index in [0.717, 1.165) is 27.5 Å². The van der Waals surface area contributed by atoms with Crippen LogP contribution in [-0.4, -0.2) is 20.7 Å². The van der Waals surface area contributed by atoms with Gasteiger partial charge in [-0.05, 0) is 36.8 Å². The van der Waals surface area contributed by atoms with E-state index >= 15 is 0 Å². The van der Waals surface area contributed by atoms with Crippen LogP contribution in [0, 0.1) is 6.92 Å². The van der Waals surface area contributed by atoms with Gasteiger partial charge in [0.1, 0.15) is 5.65 Å². The number of benzene rings is 1. The zero-order valence-corrected chi connectivity index (χ0v) is 13.5. The van der Waals surface area contributed by atoms with E-state index in [1.807, 2.05) is 60.0 Å². The van der Waals surface area contributed by atoms with Gasteiger partial charge in [-0.2, -0.15) is 0 Å². The lowest BCUT2D eigenvalue weighted by atomic mass is 10.2.